The zero-order chi connectivity index (χ0) is 23.4. The van der Waals surface area contributed by atoms with Crippen molar-refractivity contribution in [3.05, 3.63) is 88.4 Å². The number of hydrogen-bond donors (Lipinski definition) is 2. The molecule has 166 valence electrons. The second-order valence-electron chi connectivity index (χ2n) is 7.96. The Morgan fingerprint density at radius 3 is 2.25 bits per heavy atom. The molecule has 6 heteroatoms. The van der Waals surface area contributed by atoms with Crippen LogP contribution in [0, 0.1) is 6.92 Å². The van der Waals surface area contributed by atoms with Crippen molar-refractivity contribution in [2.45, 2.75) is 32.9 Å². The number of likely N-dealkylation sites (N-methyl/N-ethyl adjacent to an activating group) is 1. The van der Waals surface area contributed by atoms with E-state index in [1.807, 2.05) is 61.5 Å². The number of rotatable bonds is 7. The molecule has 0 fully saturated rings. The van der Waals surface area contributed by atoms with Gasteiger partial charge in [-0.2, -0.15) is 0 Å². The molecule has 3 aromatic carbocycles. The van der Waals surface area contributed by atoms with Crippen molar-refractivity contribution in [1.82, 2.24) is 4.90 Å². The summed E-state index contributed by atoms with van der Waals surface area (Å²) in [5, 5.41) is 13.4. The molecule has 0 aliphatic carbocycles. The highest BCUT2D eigenvalue weighted by atomic mass is 35.5. The number of carbonyl (C=O) groups is 2. The maximum Gasteiger partial charge on any atom is 0.326 e. The van der Waals surface area contributed by atoms with Crippen LogP contribution in [0.3, 0.4) is 0 Å². The van der Waals surface area contributed by atoms with Crippen LogP contribution in [0.5, 0.6) is 0 Å². The van der Waals surface area contributed by atoms with Crippen LogP contribution in [0.4, 0.5) is 5.69 Å². The van der Waals surface area contributed by atoms with Gasteiger partial charge in [-0.3, -0.25) is 4.79 Å². The molecule has 0 radical (unpaired) electrons. The van der Waals surface area contributed by atoms with Gasteiger partial charge in [0, 0.05) is 29.4 Å². The van der Waals surface area contributed by atoms with Crippen molar-refractivity contribution in [2.75, 3.05) is 12.4 Å². The van der Waals surface area contributed by atoms with Gasteiger partial charge in [0.15, 0.2) is 0 Å². The summed E-state index contributed by atoms with van der Waals surface area (Å²) in [7, 11) is 1.51. The van der Waals surface area contributed by atoms with Gasteiger partial charge in [-0.15, -0.1) is 0 Å². The van der Waals surface area contributed by atoms with Crippen LogP contribution in [-0.4, -0.2) is 35.0 Å². The van der Waals surface area contributed by atoms with Gasteiger partial charge in [0.1, 0.15) is 6.04 Å². The maximum atomic E-state index is 12.7. The monoisotopic (exact) mass is 450 g/mol. The molecule has 0 aliphatic heterocycles. The second kappa shape index (κ2) is 9.88. The zero-order valence-electron chi connectivity index (χ0n) is 18.6. The molecule has 0 aromatic heterocycles. The van der Waals surface area contributed by atoms with Gasteiger partial charge in [0.05, 0.1) is 0 Å². The molecule has 2 atom stereocenters. The molecule has 3 aromatic rings. The molecular weight excluding hydrogens is 424 g/mol. The third-order valence-electron chi connectivity index (χ3n) is 5.66. The van der Waals surface area contributed by atoms with E-state index in [-0.39, 0.29) is 11.9 Å². The van der Waals surface area contributed by atoms with Crippen molar-refractivity contribution < 1.29 is 14.7 Å². The summed E-state index contributed by atoms with van der Waals surface area (Å²) < 4.78 is 0. The average molecular weight is 451 g/mol. The van der Waals surface area contributed by atoms with E-state index in [0.29, 0.717) is 10.6 Å². The summed E-state index contributed by atoms with van der Waals surface area (Å²) in [6.07, 6.45) is 0. The van der Waals surface area contributed by atoms with E-state index in [2.05, 4.69) is 18.3 Å². The Morgan fingerprint density at radius 2 is 1.62 bits per heavy atom. The third kappa shape index (κ3) is 5.29. The second-order valence-corrected chi connectivity index (χ2v) is 8.39. The number of carboxylic acids is 1. The van der Waals surface area contributed by atoms with Gasteiger partial charge >= 0.3 is 5.97 Å². The third-order valence-corrected chi connectivity index (χ3v) is 5.92. The zero-order valence-corrected chi connectivity index (χ0v) is 19.4. The number of nitrogens with zero attached hydrogens (tertiary/aromatic N) is 1. The summed E-state index contributed by atoms with van der Waals surface area (Å²) in [4.78, 5) is 25.2. The van der Waals surface area contributed by atoms with Crippen LogP contribution < -0.4 is 5.32 Å². The quantitative estimate of drug-likeness (QED) is 0.460. The molecule has 0 saturated heterocycles. The Kier molecular flexibility index (Phi) is 7.21. The molecular formula is C26H27ClN2O3. The van der Waals surface area contributed by atoms with E-state index in [1.165, 1.54) is 18.9 Å². The van der Waals surface area contributed by atoms with Crippen molar-refractivity contribution in [3.63, 3.8) is 0 Å². The standard InChI is InChI=1S/C26H27ClN2O3/c1-16-14-21(10-13-24(16)25(30)29(4)18(3)26(31)32)20-6-5-7-23(15-20)28-17(2)19-8-11-22(27)12-9-19/h5-15,17-18,28H,1-4H3,(H,31,32). The minimum Gasteiger partial charge on any atom is -0.480 e. The summed E-state index contributed by atoms with van der Waals surface area (Å²) >= 11 is 5.98. The Balaban J connectivity index is 1.80. The molecule has 3 rings (SSSR count). The van der Waals surface area contributed by atoms with Crippen LogP contribution in [0.2, 0.25) is 5.02 Å². The Bertz CT molecular complexity index is 1130. The summed E-state index contributed by atoms with van der Waals surface area (Å²) in [5.74, 6) is -1.34. The number of aryl methyl sites for hydroxylation is 1. The number of halogens is 1. The Hall–Kier alpha value is -3.31. The van der Waals surface area contributed by atoms with Gasteiger partial charge in [0.2, 0.25) is 0 Å². The highest BCUT2D eigenvalue weighted by Gasteiger charge is 2.23. The summed E-state index contributed by atoms with van der Waals surface area (Å²) in [5.41, 5.74) is 5.42. The normalized spacial score (nSPS) is 12.7. The molecule has 0 spiro atoms. The molecule has 0 aliphatic rings. The van der Waals surface area contributed by atoms with E-state index >= 15 is 0 Å². The van der Waals surface area contributed by atoms with Gasteiger partial charge < -0.3 is 15.3 Å². The van der Waals surface area contributed by atoms with E-state index < -0.39 is 12.0 Å². The van der Waals surface area contributed by atoms with Gasteiger partial charge in [-0.25, -0.2) is 4.79 Å². The van der Waals surface area contributed by atoms with Crippen LogP contribution in [0.1, 0.15) is 41.4 Å². The average Bonchev–Trinajstić information content (AvgIpc) is 2.78. The lowest BCUT2D eigenvalue weighted by molar-refractivity contribution is -0.141. The van der Waals surface area contributed by atoms with E-state index in [0.717, 1.165) is 27.9 Å². The number of nitrogens with one attached hydrogen (secondary N) is 1. The Labute approximate surface area is 193 Å². The first-order valence-corrected chi connectivity index (χ1v) is 10.8. The van der Waals surface area contributed by atoms with Gasteiger partial charge in [-0.05, 0) is 73.4 Å². The molecule has 32 heavy (non-hydrogen) atoms. The number of anilines is 1. The first-order chi connectivity index (χ1) is 15.2. The molecule has 0 bridgehead atoms. The Morgan fingerprint density at radius 1 is 0.969 bits per heavy atom. The number of carbonyl (C=O) groups excluding carboxylic acids is 1. The molecule has 2 N–H and O–H groups in total. The number of carboxylic acid groups (broad SMARTS) is 1. The molecule has 0 saturated carbocycles. The number of hydrogen-bond acceptors (Lipinski definition) is 3. The lowest BCUT2D eigenvalue weighted by Gasteiger charge is -2.22. The molecule has 2 unspecified atom stereocenters. The topological polar surface area (TPSA) is 69.6 Å². The minimum absolute atomic E-state index is 0.107. The highest BCUT2D eigenvalue weighted by Crippen LogP contribution is 2.28. The van der Waals surface area contributed by atoms with Crippen LogP contribution in [0.25, 0.3) is 11.1 Å². The summed E-state index contributed by atoms with van der Waals surface area (Å²) in [6.45, 7) is 5.45. The fraction of sp³-hybridized carbons (Fsp3) is 0.231. The predicted octanol–water partition coefficient (Wildman–Crippen LogP) is 6.03. The van der Waals surface area contributed by atoms with E-state index in [4.69, 9.17) is 11.6 Å². The van der Waals surface area contributed by atoms with Crippen LogP contribution >= 0.6 is 11.6 Å². The number of aliphatic carboxylic acids is 1. The number of benzene rings is 3. The first kappa shape index (κ1) is 23.4. The van der Waals surface area contributed by atoms with E-state index in [1.54, 1.807) is 6.07 Å². The molecule has 0 heterocycles. The molecule has 1 amide bonds. The summed E-state index contributed by atoms with van der Waals surface area (Å²) in [6, 6.07) is 20.7. The van der Waals surface area contributed by atoms with Gasteiger partial charge in [-0.1, -0.05) is 48.0 Å². The SMILES string of the molecule is Cc1cc(-c2cccc(NC(C)c3ccc(Cl)cc3)c2)ccc1C(=O)N(C)C(C)C(=O)O. The van der Waals surface area contributed by atoms with Crippen molar-refractivity contribution in [3.8, 4) is 11.1 Å². The first-order valence-electron chi connectivity index (χ1n) is 10.4. The maximum absolute atomic E-state index is 12.7. The lowest BCUT2D eigenvalue weighted by Crippen LogP contribution is -2.40. The molecule has 5 nitrogen and oxygen atoms in total. The van der Waals surface area contributed by atoms with Gasteiger partial charge in [0.25, 0.3) is 5.91 Å². The minimum atomic E-state index is -1.03. The predicted molar refractivity (Wildman–Crippen MR) is 129 cm³/mol. The van der Waals surface area contributed by atoms with Crippen molar-refractivity contribution >= 4 is 29.2 Å². The smallest absolute Gasteiger partial charge is 0.326 e. The fourth-order valence-electron chi connectivity index (χ4n) is 3.49. The number of amides is 1. The van der Waals surface area contributed by atoms with Crippen molar-refractivity contribution in [2.24, 2.45) is 0 Å². The van der Waals surface area contributed by atoms with E-state index in [9.17, 15) is 14.7 Å². The highest BCUT2D eigenvalue weighted by molar-refractivity contribution is 6.30. The van der Waals surface area contributed by atoms with Crippen LogP contribution in [-0.2, 0) is 4.79 Å². The lowest BCUT2D eigenvalue weighted by atomic mass is 9.98. The largest absolute Gasteiger partial charge is 0.480 e. The van der Waals surface area contributed by atoms with Crippen LogP contribution in [0.15, 0.2) is 66.7 Å². The fourth-order valence-corrected chi connectivity index (χ4v) is 3.61. The van der Waals surface area contributed by atoms with Crippen molar-refractivity contribution in [1.29, 1.82) is 0 Å².